The molecule has 1 amide bonds. The number of halogens is 1. The molecule has 18 heavy (non-hydrogen) atoms. The highest BCUT2D eigenvalue weighted by Crippen LogP contribution is 2.18. The maximum absolute atomic E-state index is 11.8. The maximum atomic E-state index is 11.8. The fourth-order valence-corrected chi connectivity index (χ4v) is 2.16. The molecule has 0 heterocycles. The summed E-state index contributed by atoms with van der Waals surface area (Å²) in [6.45, 7) is 0.0218. The highest BCUT2D eigenvalue weighted by molar-refractivity contribution is 9.10. The summed E-state index contributed by atoms with van der Waals surface area (Å²) in [5.41, 5.74) is 6.31. The minimum atomic E-state index is -3.32. The minimum Gasteiger partial charge on any atom is -0.398 e. The van der Waals surface area contributed by atoms with E-state index in [4.69, 9.17) is 5.73 Å². The number of nitrogen functional groups attached to an aromatic ring is 1. The standard InChI is InChI=1S/C10H14BrN3O3S/c1-13-18(16,17)5-4-14-10(15)8-6-7(11)2-3-9(8)12/h2-3,6,13H,4-5,12H2,1H3,(H,14,15). The first-order chi connectivity index (χ1) is 8.35. The maximum Gasteiger partial charge on any atom is 0.253 e. The average molecular weight is 336 g/mol. The van der Waals surface area contributed by atoms with E-state index in [0.29, 0.717) is 11.3 Å². The van der Waals surface area contributed by atoms with Crippen molar-refractivity contribution in [2.45, 2.75) is 0 Å². The van der Waals surface area contributed by atoms with E-state index in [1.165, 1.54) is 7.05 Å². The Hall–Kier alpha value is -1.12. The van der Waals surface area contributed by atoms with Crippen LogP contribution < -0.4 is 15.8 Å². The smallest absolute Gasteiger partial charge is 0.253 e. The van der Waals surface area contributed by atoms with E-state index in [2.05, 4.69) is 26.0 Å². The van der Waals surface area contributed by atoms with Gasteiger partial charge in [0.05, 0.1) is 11.3 Å². The normalized spacial score (nSPS) is 11.2. The number of rotatable bonds is 5. The van der Waals surface area contributed by atoms with E-state index in [1.54, 1.807) is 18.2 Å². The van der Waals surface area contributed by atoms with Gasteiger partial charge in [0.15, 0.2) is 0 Å². The number of benzene rings is 1. The van der Waals surface area contributed by atoms with Crippen molar-refractivity contribution in [1.82, 2.24) is 10.0 Å². The topological polar surface area (TPSA) is 101 Å². The number of carbonyl (C=O) groups is 1. The number of nitrogens with two attached hydrogens (primary N) is 1. The molecular formula is C10H14BrN3O3S. The molecule has 8 heteroatoms. The van der Waals surface area contributed by atoms with Crippen molar-refractivity contribution in [2.75, 3.05) is 25.1 Å². The first-order valence-electron chi connectivity index (χ1n) is 5.10. The predicted molar refractivity (Wildman–Crippen MR) is 73.7 cm³/mol. The lowest BCUT2D eigenvalue weighted by molar-refractivity contribution is 0.0957. The molecule has 0 radical (unpaired) electrons. The molecule has 0 aliphatic rings. The molecule has 6 nitrogen and oxygen atoms in total. The molecule has 0 unspecified atom stereocenters. The van der Waals surface area contributed by atoms with Gasteiger partial charge in [-0.2, -0.15) is 0 Å². The fraction of sp³-hybridized carbons (Fsp3) is 0.300. The van der Waals surface area contributed by atoms with Gasteiger partial charge < -0.3 is 11.1 Å². The first-order valence-corrected chi connectivity index (χ1v) is 7.54. The summed E-state index contributed by atoms with van der Waals surface area (Å²) >= 11 is 3.23. The number of carbonyl (C=O) groups excluding carboxylic acids is 1. The SMILES string of the molecule is CNS(=O)(=O)CCNC(=O)c1cc(Br)ccc1N. The lowest BCUT2D eigenvalue weighted by atomic mass is 10.2. The molecule has 0 bridgehead atoms. The van der Waals surface area contributed by atoms with Gasteiger partial charge in [0.25, 0.3) is 5.91 Å². The number of sulfonamides is 1. The van der Waals surface area contributed by atoms with Crippen LogP contribution in [0.4, 0.5) is 5.69 Å². The number of amides is 1. The van der Waals surface area contributed by atoms with Crippen molar-refractivity contribution < 1.29 is 13.2 Å². The number of hydrogen-bond donors (Lipinski definition) is 3. The molecule has 1 aromatic carbocycles. The Kier molecular flexibility index (Phi) is 5.12. The molecule has 1 aromatic rings. The van der Waals surface area contributed by atoms with Crippen molar-refractivity contribution in [1.29, 1.82) is 0 Å². The van der Waals surface area contributed by atoms with Crippen molar-refractivity contribution in [3.05, 3.63) is 28.2 Å². The molecule has 0 atom stereocenters. The Morgan fingerprint density at radius 2 is 2.11 bits per heavy atom. The van der Waals surface area contributed by atoms with Crippen LogP contribution in [0.15, 0.2) is 22.7 Å². The average Bonchev–Trinajstić information content (AvgIpc) is 2.32. The van der Waals surface area contributed by atoms with E-state index < -0.39 is 15.9 Å². The molecule has 4 N–H and O–H groups in total. The Morgan fingerprint density at radius 3 is 2.72 bits per heavy atom. The van der Waals surface area contributed by atoms with E-state index in [0.717, 1.165) is 4.47 Å². The Balaban J connectivity index is 2.64. The van der Waals surface area contributed by atoms with Crippen LogP contribution >= 0.6 is 15.9 Å². The second kappa shape index (κ2) is 6.17. The van der Waals surface area contributed by atoms with Crippen molar-refractivity contribution >= 4 is 37.5 Å². The molecule has 0 aliphatic heterocycles. The molecule has 0 spiro atoms. The number of hydrogen-bond acceptors (Lipinski definition) is 4. The first kappa shape index (κ1) is 14.9. The summed E-state index contributed by atoms with van der Waals surface area (Å²) < 4.78 is 25.2. The summed E-state index contributed by atoms with van der Waals surface area (Å²) in [5.74, 6) is -0.580. The number of anilines is 1. The highest BCUT2D eigenvalue weighted by atomic mass is 79.9. The van der Waals surface area contributed by atoms with Crippen LogP contribution in [-0.4, -0.2) is 33.7 Å². The molecule has 0 aromatic heterocycles. The Morgan fingerprint density at radius 1 is 1.44 bits per heavy atom. The van der Waals surface area contributed by atoms with Crippen molar-refractivity contribution in [3.63, 3.8) is 0 Å². The van der Waals surface area contributed by atoms with E-state index >= 15 is 0 Å². The lowest BCUT2D eigenvalue weighted by Gasteiger charge is -2.08. The van der Waals surface area contributed by atoms with Gasteiger partial charge in [0.2, 0.25) is 10.0 Å². The van der Waals surface area contributed by atoms with Crippen LogP contribution in [0, 0.1) is 0 Å². The second-order valence-corrected chi connectivity index (χ2v) is 6.47. The van der Waals surface area contributed by atoms with E-state index in [-0.39, 0.29) is 12.3 Å². The Bertz CT molecular complexity index is 545. The van der Waals surface area contributed by atoms with Gasteiger partial charge in [0.1, 0.15) is 0 Å². The molecule has 1 rings (SSSR count). The predicted octanol–water partition coefficient (Wildman–Crippen LogP) is 0.310. The fourth-order valence-electron chi connectivity index (χ4n) is 1.22. The van der Waals surface area contributed by atoms with Gasteiger partial charge in [0, 0.05) is 16.7 Å². The molecule has 100 valence electrons. The van der Waals surface area contributed by atoms with Gasteiger partial charge in [-0.3, -0.25) is 4.79 Å². The van der Waals surface area contributed by atoms with Gasteiger partial charge in [-0.05, 0) is 25.2 Å². The minimum absolute atomic E-state index is 0.0218. The van der Waals surface area contributed by atoms with Crippen molar-refractivity contribution in [3.8, 4) is 0 Å². The molecule has 0 aliphatic carbocycles. The second-order valence-electron chi connectivity index (χ2n) is 3.51. The summed E-state index contributed by atoms with van der Waals surface area (Å²) in [4.78, 5) is 11.8. The number of nitrogens with one attached hydrogen (secondary N) is 2. The third-order valence-corrected chi connectivity index (χ3v) is 4.08. The molecule has 0 fully saturated rings. The zero-order valence-electron chi connectivity index (χ0n) is 9.73. The molecule has 0 saturated heterocycles. The largest absolute Gasteiger partial charge is 0.398 e. The summed E-state index contributed by atoms with van der Waals surface area (Å²) in [6, 6.07) is 4.90. The molecular weight excluding hydrogens is 322 g/mol. The van der Waals surface area contributed by atoms with Gasteiger partial charge >= 0.3 is 0 Å². The van der Waals surface area contributed by atoms with E-state index in [1.807, 2.05) is 0 Å². The van der Waals surface area contributed by atoms with Crippen LogP contribution in [0.25, 0.3) is 0 Å². The Labute approximate surface area is 114 Å². The van der Waals surface area contributed by atoms with Gasteiger partial charge in [-0.1, -0.05) is 15.9 Å². The third-order valence-electron chi connectivity index (χ3n) is 2.23. The zero-order chi connectivity index (χ0) is 13.8. The van der Waals surface area contributed by atoms with Crippen LogP contribution in [-0.2, 0) is 10.0 Å². The highest BCUT2D eigenvalue weighted by Gasteiger charge is 2.12. The van der Waals surface area contributed by atoms with Gasteiger partial charge in [-0.25, -0.2) is 13.1 Å². The summed E-state index contributed by atoms with van der Waals surface area (Å²) in [7, 11) is -2.00. The van der Waals surface area contributed by atoms with Crippen molar-refractivity contribution in [2.24, 2.45) is 0 Å². The van der Waals surface area contributed by atoms with Crippen LogP contribution in [0.2, 0.25) is 0 Å². The van der Waals surface area contributed by atoms with Crippen LogP contribution in [0.5, 0.6) is 0 Å². The third kappa shape index (κ3) is 4.28. The monoisotopic (exact) mass is 335 g/mol. The summed E-state index contributed by atoms with van der Waals surface area (Å²) in [5, 5.41) is 2.50. The van der Waals surface area contributed by atoms with E-state index in [9.17, 15) is 13.2 Å². The molecule has 0 saturated carbocycles. The van der Waals surface area contributed by atoms with Crippen LogP contribution in [0.1, 0.15) is 10.4 Å². The quantitative estimate of drug-likeness (QED) is 0.674. The summed E-state index contributed by atoms with van der Waals surface area (Å²) in [6.07, 6.45) is 0. The zero-order valence-corrected chi connectivity index (χ0v) is 12.1. The van der Waals surface area contributed by atoms with Gasteiger partial charge in [-0.15, -0.1) is 0 Å². The lowest BCUT2D eigenvalue weighted by Crippen LogP contribution is -2.33. The van der Waals surface area contributed by atoms with Crippen LogP contribution in [0.3, 0.4) is 0 Å².